The van der Waals surface area contributed by atoms with E-state index in [0.717, 1.165) is 37.4 Å². The number of hydrogen-bond acceptors (Lipinski definition) is 4. The monoisotopic (exact) mass is 375 g/mol. The quantitative estimate of drug-likeness (QED) is 0.853. The van der Waals surface area contributed by atoms with Crippen molar-refractivity contribution in [3.8, 4) is 0 Å². The van der Waals surface area contributed by atoms with E-state index in [1.165, 1.54) is 0 Å². The third-order valence-electron chi connectivity index (χ3n) is 5.52. The van der Waals surface area contributed by atoms with Gasteiger partial charge in [-0.2, -0.15) is 0 Å². The van der Waals surface area contributed by atoms with Crippen LogP contribution in [-0.2, 0) is 9.59 Å². The molecule has 1 aliphatic carbocycles. The van der Waals surface area contributed by atoms with Crippen LogP contribution in [-0.4, -0.2) is 44.8 Å². The number of carboxylic acids is 1. The summed E-state index contributed by atoms with van der Waals surface area (Å²) >= 11 is 1.13. The van der Waals surface area contributed by atoms with Crippen molar-refractivity contribution in [2.24, 2.45) is 11.8 Å². The van der Waals surface area contributed by atoms with E-state index in [4.69, 9.17) is 0 Å². The van der Waals surface area contributed by atoms with E-state index >= 15 is 0 Å². The molecular formula is C20H25NO4S. The molecule has 1 saturated carbocycles. The molecule has 140 valence electrons. The Morgan fingerprint density at radius 2 is 1.88 bits per heavy atom. The van der Waals surface area contributed by atoms with Gasteiger partial charge in [-0.1, -0.05) is 61.9 Å². The van der Waals surface area contributed by atoms with Crippen molar-refractivity contribution in [1.29, 1.82) is 0 Å². The van der Waals surface area contributed by atoms with E-state index in [1.807, 2.05) is 18.2 Å². The number of rotatable bonds is 5. The number of thioether (sulfide) groups is 1. The Morgan fingerprint density at radius 1 is 1.19 bits per heavy atom. The maximum Gasteiger partial charge on any atom is 0.326 e. The molecule has 0 spiro atoms. The van der Waals surface area contributed by atoms with Crippen molar-refractivity contribution in [3.05, 3.63) is 35.9 Å². The first-order valence-corrected chi connectivity index (χ1v) is 10.2. The molecule has 1 aliphatic heterocycles. The third kappa shape index (κ3) is 3.95. The molecule has 3 rings (SSSR count). The molecule has 1 amide bonds. The summed E-state index contributed by atoms with van der Waals surface area (Å²) in [5.41, 5.74) is 0.620. The Labute approximate surface area is 158 Å². The highest BCUT2D eigenvalue weighted by Crippen LogP contribution is 2.40. The summed E-state index contributed by atoms with van der Waals surface area (Å²) in [6, 6.07) is 8.33. The largest absolute Gasteiger partial charge is 0.480 e. The van der Waals surface area contributed by atoms with Crippen LogP contribution in [0.5, 0.6) is 0 Å². The van der Waals surface area contributed by atoms with Gasteiger partial charge in [0.1, 0.15) is 6.04 Å². The van der Waals surface area contributed by atoms with E-state index in [0.29, 0.717) is 23.7 Å². The van der Waals surface area contributed by atoms with Crippen molar-refractivity contribution in [3.63, 3.8) is 0 Å². The van der Waals surface area contributed by atoms with E-state index in [2.05, 4.69) is 0 Å². The van der Waals surface area contributed by atoms with Gasteiger partial charge in [0.05, 0.1) is 0 Å². The number of benzene rings is 1. The van der Waals surface area contributed by atoms with Gasteiger partial charge in [0.2, 0.25) is 11.0 Å². The van der Waals surface area contributed by atoms with Crippen LogP contribution < -0.4 is 0 Å². The minimum absolute atomic E-state index is 0.0506. The van der Waals surface area contributed by atoms with E-state index in [-0.39, 0.29) is 23.0 Å². The highest BCUT2D eigenvalue weighted by atomic mass is 32.2. The highest BCUT2D eigenvalue weighted by molar-refractivity contribution is 8.14. The van der Waals surface area contributed by atoms with Gasteiger partial charge in [0, 0.05) is 23.3 Å². The molecule has 2 fully saturated rings. The van der Waals surface area contributed by atoms with Crippen LogP contribution in [0.3, 0.4) is 0 Å². The molecule has 1 aromatic carbocycles. The van der Waals surface area contributed by atoms with Crippen LogP contribution in [0.15, 0.2) is 30.3 Å². The molecule has 0 bridgehead atoms. The fourth-order valence-corrected chi connectivity index (χ4v) is 5.03. The lowest BCUT2D eigenvalue weighted by Crippen LogP contribution is -2.48. The Balaban J connectivity index is 1.64. The Bertz CT molecular complexity index is 678. The molecule has 1 N–H and O–H groups in total. The molecule has 1 saturated heterocycles. The van der Waals surface area contributed by atoms with Gasteiger partial charge in [-0.25, -0.2) is 4.79 Å². The lowest BCUT2D eigenvalue weighted by molar-refractivity contribution is -0.151. The van der Waals surface area contributed by atoms with E-state index in [1.54, 1.807) is 24.0 Å². The predicted octanol–water partition coefficient (Wildman–Crippen LogP) is 3.44. The summed E-state index contributed by atoms with van der Waals surface area (Å²) in [6.07, 6.45) is 4.63. The number of carboxylic acid groups (broad SMARTS) is 1. The predicted molar refractivity (Wildman–Crippen MR) is 101 cm³/mol. The number of hydrogen-bond donors (Lipinski definition) is 1. The van der Waals surface area contributed by atoms with Crippen molar-refractivity contribution >= 4 is 28.8 Å². The SMILES string of the molecule is CC(CSC(=O)c1ccccc1)C(=O)N1[C@H](C(=O)O)C[C@@H]2CCCC[C@@H]21. The molecule has 6 heteroatoms. The fourth-order valence-electron chi connectivity index (χ4n) is 4.18. The standard InChI is InChI=1S/C20H25NO4S/c1-13(12-26-20(25)14-7-3-2-4-8-14)18(22)21-16-10-6-5-9-15(16)11-17(21)19(23)24/h2-4,7-8,13,15-17H,5-6,9-12H2,1H3,(H,23,24)/t13?,15-,16-,17-/m0/s1. The van der Waals surface area contributed by atoms with Gasteiger partial charge in [-0.05, 0) is 25.2 Å². The molecule has 1 unspecified atom stereocenters. The number of likely N-dealkylation sites (tertiary alicyclic amines) is 1. The molecule has 1 aromatic rings. The first kappa shape index (κ1) is 19.0. The van der Waals surface area contributed by atoms with E-state index in [9.17, 15) is 19.5 Å². The Kier molecular flexibility index (Phi) is 6.01. The zero-order valence-corrected chi connectivity index (χ0v) is 15.8. The summed E-state index contributed by atoms with van der Waals surface area (Å²) in [6.45, 7) is 1.79. The topological polar surface area (TPSA) is 74.7 Å². The molecule has 4 atom stereocenters. The number of aliphatic carboxylic acids is 1. The molecule has 0 radical (unpaired) electrons. The maximum absolute atomic E-state index is 13.0. The maximum atomic E-state index is 13.0. The van der Waals surface area contributed by atoms with Gasteiger partial charge in [0.15, 0.2) is 0 Å². The van der Waals surface area contributed by atoms with Crippen molar-refractivity contribution in [1.82, 2.24) is 4.90 Å². The molecular weight excluding hydrogens is 350 g/mol. The smallest absolute Gasteiger partial charge is 0.326 e. The first-order chi connectivity index (χ1) is 12.5. The lowest BCUT2D eigenvalue weighted by Gasteiger charge is -2.34. The second-order valence-corrected chi connectivity index (χ2v) is 8.31. The van der Waals surface area contributed by atoms with Crippen molar-refractivity contribution in [2.45, 2.75) is 51.1 Å². The molecule has 1 heterocycles. The van der Waals surface area contributed by atoms with Gasteiger partial charge in [-0.15, -0.1) is 0 Å². The van der Waals surface area contributed by atoms with Crippen LogP contribution >= 0.6 is 11.8 Å². The number of fused-ring (bicyclic) bond motifs is 1. The normalized spacial score (nSPS) is 26.2. The number of carbonyl (C=O) groups excluding carboxylic acids is 2. The minimum Gasteiger partial charge on any atom is -0.480 e. The third-order valence-corrected chi connectivity index (χ3v) is 6.69. The van der Waals surface area contributed by atoms with Crippen LogP contribution in [0, 0.1) is 11.8 Å². The zero-order valence-electron chi connectivity index (χ0n) is 15.0. The zero-order chi connectivity index (χ0) is 18.7. The van der Waals surface area contributed by atoms with Crippen molar-refractivity contribution < 1.29 is 19.5 Å². The van der Waals surface area contributed by atoms with Gasteiger partial charge >= 0.3 is 5.97 Å². The lowest BCUT2D eigenvalue weighted by atomic mass is 9.84. The first-order valence-electron chi connectivity index (χ1n) is 9.26. The Morgan fingerprint density at radius 3 is 2.58 bits per heavy atom. The summed E-state index contributed by atoms with van der Waals surface area (Å²) in [5.74, 6) is -0.741. The van der Waals surface area contributed by atoms with Crippen LogP contribution in [0.25, 0.3) is 0 Å². The van der Waals surface area contributed by atoms with Crippen molar-refractivity contribution in [2.75, 3.05) is 5.75 Å². The summed E-state index contributed by atoms with van der Waals surface area (Å²) in [7, 11) is 0. The van der Waals surface area contributed by atoms with Gasteiger partial charge in [0.25, 0.3) is 0 Å². The number of amides is 1. The van der Waals surface area contributed by atoms with Crippen LogP contribution in [0.1, 0.15) is 49.4 Å². The average Bonchev–Trinajstić information content (AvgIpc) is 3.05. The molecule has 26 heavy (non-hydrogen) atoms. The summed E-state index contributed by atoms with van der Waals surface area (Å²) in [5, 5.41) is 9.52. The summed E-state index contributed by atoms with van der Waals surface area (Å²) < 4.78 is 0. The van der Waals surface area contributed by atoms with E-state index < -0.39 is 12.0 Å². The highest BCUT2D eigenvalue weighted by Gasteiger charge is 2.48. The van der Waals surface area contributed by atoms with Crippen LogP contribution in [0.4, 0.5) is 0 Å². The molecule has 0 aromatic heterocycles. The molecule has 5 nitrogen and oxygen atoms in total. The second-order valence-electron chi connectivity index (χ2n) is 7.31. The second kappa shape index (κ2) is 8.25. The fraction of sp³-hybridized carbons (Fsp3) is 0.550. The van der Waals surface area contributed by atoms with Gasteiger partial charge in [-0.3, -0.25) is 9.59 Å². The number of nitrogens with zero attached hydrogens (tertiary/aromatic N) is 1. The van der Waals surface area contributed by atoms with Crippen LogP contribution in [0.2, 0.25) is 0 Å². The average molecular weight is 375 g/mol. The number of carbonyl (C=O) groups is 3. The summed E-state index contributed by atoms with van der Waals surface area (Å²) in [4.78, 5) is 38.5. The molecule has 2 aliphatic rings. The minimum atomic E-state index is -0.909. The Hall–Kier alpha value is -1.82. The van der Waals surface area contributed by atoms with Gasteiger partial charge < -0.3 is 10.0 Å².